The Morgan fingerprint density at radius 1 is 0.929 bits per heavy atom. The molecule has 0 nitrogen and oxygen atoms in total. The summed E-state index contributed by atoms with van der Waals surface area (Å²) < 4.78 is 0. The van der Waals surface area contributed by atoms with Crippen molar-refractivity contribution < 1.29 is 58.2 Å². The van der Waals surface area contributed by atoms with Gasteiger partial charge in [-0.2, -0.15) is 29.8 Å². The van der Waals surface area contributed by atoms with Crippen LogP contribution < -0.4 is 58.2 Å². The Labute approximate surface area is 133 Å². The molecular formula is C13H9Rb. The molecule has 0 N–H and O–H groups in total. The number of hydrogen-bond donors (Lipinski definition) is 0. The van der Waals surface area contributed by atoms with Gasteiger partial charge in [-0.25, -0.2) is 0 Å². The summed E-state index contributed by atoms with van der Waals surface area (Å²) in [6.07, 6.45) is 1.05. The van der Waals surface area contributed by atoms with Crippen LogP contribution in [0.5, 0.6) is 0 Å². The van der Waals surface area contributed by atoms with E-state index in [0.717, 1.165) is 6.42 Å². The van der Waals surface area contributed by atoms with E-state index in [0.29, 0.717) is 0 Å². The molecule has 0 amide bonds. The van der Waals surface area contributed by atoms with Gasteiger partial charge in [-0.1, -0.05) is 35.4 Å². The fourth-order valence-corrected chi connectivity index (χ4v) is 2.00. The van der Waals surface area contributed by atoms with Gasteiger partial charge in [0.25, 0.3) is 0 Å². The van der Waals surface area contributed by atoms with E-state index in [2.05, 4.69) is 42.5 Å². The second-order valence-electron chi connectivity index (χ2n) is 3.40. The van der Waals surface area contributed by atoms with E-state index in [9.17, 15) is 0 Å². The zero-order valence-electron chi connectivity index (χ0n) is 8.25. The van der Waals surface area contributed by atoms with Gasteiger partial charge in [0.1, 0.15) is 0 Å². The molecule has 0 aliphatic heterocycles. The first-order valence-corrected chi connectivity index (χ1v) is 4.53. The maximum absolute atomic E-state index is 3.30. The molecule has 0 spiro atoms. The molecule has 2 aromatic carbocycles. The van der Waals surface area contributed by atoms with Crippen LogP contribution in [0.1, 0.15) is 11.1 Å². The smallest absolute Gasteiger partial charge is 0.179 e. The maximum Gasteiger partial charge on any atom is 1.00 e. The Balaban J connectivity index is 0.000000750. The van der Waals surface area contributed by atoms with Crippen LogP contribution in [0.2, 0.25) is 0 Å². The van der Waals surface area contributed by atoms with Gasteiger partial charge in [0.15, 0.2) is 0 Å². The van der Waals surface area contributed by atoms with Crippen LogP contribution in [0.4, 0.5) is 0 Å². The summed E-state index contributed by atoms with van der Waals surface area (Å²) in [6, 6.07) is 18.1. The molecule has 0 saturated heterocycles. The zero-order valence-corrected chi connectivity index (χ0v) is 13.2. The van der Waals surface area contributed by atoms with Crippen molar-refractivity contribution in [3.8, 4) is 11.1 Å². The summed E-state index contributed by atoms with van der Waals surface area (Å²) in [4.78, 5) is 0. The first-order chi connectivity index (χ1) is 6.45. The molecule has 0 bridgehead atoms. The van der Waals surface area contributed by atoms with Crippen LogP contribution in [0.15, 0.2) is 42.5 Å². The molecule has 2 aromatic rings. The van der Waals surface area contributed by atoms with Gasteiger partial charge in [-0.05, 0) is 6.42 Å². The van der Waals surface area contributed by atoms with Crippen molar-refractivity contribution >= 4 is 0 Å². The summed E-state index contributed by atoms with van der Waals surface area (Å²) in [5, 5.41) is 0. The van der Waals surface area contributed by atoms with Gasteiger partial charge >= 0.3 is 58.2 Å². The van der Waals surface area contributed by atoms with Crippen molar-refractivity contribution in [2.24, 2.45) is 0 Å². The SMILES string of the molecule is [Rb+].[c-]1cccc2c1Cc1ccccc1-2. The molecule has 1 aliphatic rings. The van der Waals surface area contributed by atoms with E-state index in [1.165, 1.54) is 22.3 Å². The summed E-state index contributed by atoms with van der Waals surface area (Å²) in [6.45, 7) is 0. The van der Waals surface area contributed by atoms with E-state index < -0.39 is 0 Å². The first-order valence-electron chi connectivity index (χ1n) is 4.53. The Morgan fingerprint density at radius 2 is 1.71 bits per heavy atom. The van der Waals surface area contributed by atoms with Crippen LogP contribution in [0, 0.1) is 6.07 Å². The second-order valence-corrected chi connectivity index (χ2v) is 3.40. The first kappa shape index (κ1) is 10.8. The summed E-state index contributed by atoms with van der Waals surface area (Å²) >= 11 is 0. The molecule has 0 saturated carbocycles. The Kier molecular flexibility index (Phi) is 3.38. The third-order valence-corrected chi connectivity index (χ3v) is 2.62. The normalized spacial score (nSPS) is 11.4. The van der Waals surface area contributed by atoms with Crippen molar-refractivity contribution in [3.05, 3.63) is 59.7 Å². The third-order valence-electron chi connectivity index (χ3n) is 2.62. The van der Waals surface area contributed by atoms with E-state index in [-0.39, 0.29) is 58.2 Å². The van der Waals surface area contributed by atoms with Gasteiger partial charge in [-0.3, -0.25) is 0 Å². The zero-order chi connectivity index (χ0) is 8.67. The monoisotopic (exact) mass is 250 g/mol. The summed E-state index contributed by atoms with van der Waals surface area (Å²) in [5.41, 5.74) is 5.51. The number of rotatable bonds is 0. The molecule has 0 unspecified atom stereocenters. The predicted octanol–water partition coefficient (Wildman–Crippen LogP) is 0.0620. The van der Waals surface area contributed by atoms with Crippen LogP contribution in [0.3, 0.4) is 0 Å². The van der Waals surface area contributed by atoms with Gasteiger partial charge in [-0.15, -0.1) is 5.56 Å². The Morgan fingerprint density at radius 3 is 2.64 bits per heavy atom. The van der Waals surface area contributed by atoms with Crippen LogP contribution >= 0.6 is 0 Å². The van der Waals surface area contributed by atoms with Crippen molar-refractivity contribution in [3.63, 3.8) is 0 Å². The standard InChI is InChI=1S/C13H9.Rb/c1-3-7-12-10(5-1)9-11-6-2-4-8-13(11)12;/h1-5,7-8H,9H2;/q-1;+1. The summed E-state index contributed by atoms with van der Waals surface area (Å²) in [7, 11) is 0. The molecule has 0 fully saturated rings. The molecule has 0 atom stereocenters. The minimum atomic E-state index is 0. The molecule has 3 rings (SSSR count). The van der Waals surface area contributed by atoms with E-state index in [1.807, 2.05) is 6.07 Å². The average Bonchev–Trinajstić information content (AvgIpc) is 2.56. The number of benzene rings is 2. The quantitative estimate of drug-likeness (QED) is 0.495. The molecule has 1 aliphatic carbocycles. The van der Waals surface area contributed by atoms with Crippen LogP contribution in [-0.2, 0) is 6.42 Å². The van der Waals surface area contributed by atoms with Gasteiger partial charge in [0.05, 0.1) is 0 Å². The molecule has 14 heavy (non-hydrogen) atoms. The molecule has 0 heterocycles. The Hall–Kier alpha value is 0.245. The van der Waals surface area contributed by atoms with Crippen LogP contribution in [-0.4, -0.2) is 0 Å². The molecular weight excluding hydrogens is 242 g/mol. The van der Waals surface area contributed by atoms with Crippen LogP contribution in [0.25, 0.3) is 11.1 Å². The topological polar surface area (TPSA) is 0 Å². The predicted molar refractivity (Wildman–Crippen MR) is 53.5 cm³/mol. The largest absolute Gasteiger partial charge is 1.00 e. The minimum absolute atomic E-state index is 0. The van der Waals surface area contributed by atoms with E-state index >= 15 is 0 Å². The maximum atomic E-state index is 3.30. The van der Waals surface area contributed by atoms with E-state index in [4.69, 9.17) is 0 Å². The van der Waals surface area contributed by atoms with Crippen molar-refractivity contribution in [1.29, 1.82) is 0 Å². The summed E-state index contributed by atoms with van der Waals surface area (Å²) in [5.74, 6) is 0. The van der Waals surface area contributed by atoms with Crippen molar-refractivity contribution in [2.45, 2.75) is 6.42 Å². The average molecular weight is 251 g/mol. The fraction of sp³-hybridized carbons (Fsp3) is 0.0769. The third kappa shape index (κ3) is 1.69. The number of hydrogen-bond acceptors (Lipinski definition) is 0. The van der Waals surface area contributed by atoms with E-state index in [1.54, 1.807) is 0 Å². The minimum Gasteiger partial charge on any atom is -0.179 e. The molecule has 0 aromatic heterocycles. The number of fused-ring (bicyclic) bond motifs is 3. The molecule has 0 radical (unpaired) electrons. The molecule has 1 heteroatoms. The van der Waals surface area contributed by atoms with Crippen molar-refractivity contribution in [1.82, 2.24) is 0 Å². The fourth-order valence-electron chi connectivity index (χ4n) is 2.00. The Bertz CT molecular complexity index is 417. The molecule has 62 valence electrons. The van der Waals surface area contributed by atoms with Crippen molar-refractivity contribution in [2.75, 3.05) is 0 Å². The van der Waals surface area contributed by atoms with Gasteiger partial charge in [0, 0.05) is 0 Å². The second kappa shape index (κ2) is 4.40. The van der Waals surface area contributed by atoms with Gasteiger partial charge < -0.3 is 0 Å². The van der Waals surface area contributed by atoms with Gasteiger partial charge in [0.2, 0.25) is 0 Å².